The smallest absolute Gasteiger partial charge is 0.412 e. The fourth-order valence-corrected chi connectivity index (χ4v) is 2.63. The molecule has 154 valence electrons. The Kier molecular flexibility index (Phi) is 8.24. The average molecular weight is 399 g/mol. The molecule has 0 bridgehead atoms. The first-order chi connectivity index (χ1) is 13.9. The predicted molar refractivity (Wildman–Crippen MR) is 109 cm³/mol. The molecule has 0 aromatic heterocycles. The van der Waals surface area contributed by atoms with Gasteiger partial charge in [0.1, 0.15) is 18.5 Å². The molecule has 0 radical (unpaired) electrons. The number of hydrogen-bond donors (Lipinski definition) is 3. The third kappa shape index (κ3) is 7.31. The van der Waals surface area contributed by atoms with Crippen LogP contribution in [0.2, 0.25) is 0 Å². The number of carbonyl (C=O) groups excluding carboxylic acids is 1. The van der Waals surface area contributed by atoms with Crippen molar-refractivity contribution < 1.29 is 29.3 Å². The maximum absolute atomic E-state index is 12.4. The second kappa shape index (κ2) is 10.9. The molecule has 0 saturated heterocycles. The molecule has 7 heteroatoms. The molecular formula is C22H25NO6. The average Bonchev–Trinajstić information content (AvgIpc) is 2.71. The normalized spacial score (nSPS) is 12.9. The van der Waals surface area contributed by atoms with Crippen LogP contribution in [0, 0.1) is 12.8 Å². The van der Waals surface area contributed by atoms with Gasteiger partial charge in [-0.25, -0.2) is 9.59 Å². The molecule has 0 unspecified atom stereocenters. The quantitative estimate of drug-likeness (QED) is 0.552. The fourth-order valence-electron chi connectivity index (χ4n) is 2.63. The van der Waals surface area contributed by atoms with Crippen LogP contribution in [0.1, 0.15) is 24.2 Å². The highest BCUT2D eigenvalue weighted by molar-refractivity contribution is 5.84. The van der Waals surface area contributed by atoms with E-state index in [1.54, 1.807) is 43.3 Å². The van der Waals surface area contributed by atoms with E-state index in [0.29, 0.717) is 17.0 Å². The lowest BCUT2D eigenvalue weighted by atomic mass is 9.96. The maximum Gasteiger partial charge on any atom is 0.412 e. The summed E-state index contributed by atoms with van der Waals surface area (Å²) in [6.45, 7) is 3.79. The van der Waals surface area contributed by atoms with Gasteiger partial charge in [-0.15, -0.1) is 0 Å². The summed E-state index contributed by atoms with van der Waals surface area (Å²) in [6.07, 6.45) is 1.15. The number of hydrogen-bond acceptors (Lipinski definition) is 5. The standard InChI is InChI=1S/C22H25NO6/c1-15-3-8-18(9-4-15)23-22(27)29-21(16(2)5-12-20(25)26)17-6-10-19(11-7-17)28-14-13-24/h3-12,16,21,24H,13-14H2,1-2H3,(H,23,27)(H,25,26)/b12-5+/t16-,21-/m0/s1. The SMILES string of the molecule is Cc1ccc(NC(=O)O[C@H](c2ccc(OCCO)cc2)[C@@H](C)/C=C/C(=O)O)cc1. The highest BCUT2D eigenvalue weighted by Crippen LogP contribution is 2.29. The number of carboxylic acid groups (broad SMARTS) is 1. The third-order valence-electron chi connectivity index (χ3n) is 4.12. The van der Waals surface area contributed by atoms with E-state index in [1.165, 1.54) is 6.08 Å². The lowest BCUT2D eigenvalue weighted by Crippen LogP contribution is -2.21. The molecule has 1 amide bonds. The van der Waals surface area contributed by atoms with Crippen LogP contribution in [0.25, 0.3) is 0 Å². The monoisotopic (exact) mass is 399 g/mol. The summed E-state index contributed by atoms with van der Waals surface area (Å²) in [6, 6.07) is 14.2. The van der Waals surface area contributed by atoms with Crippen molar-refractivity contribution in [3.05, 3.63) is 71.8 Å². The van der Waals surface area contributed by atoms with Crippen molar-refractivity contribution in [1.82, 2.24) is 0 Å². The van der Waals surface area contributed by atoms with Crippen LogP contribution in [0.5, 0.6) is 5.75 Å². The Balaban J connectivity index is 2.16. The van der Waals surface area contributed by atoms with Crippen molar-refractivity contribution in [1.29, 1.82) is 0 Å². The molecule has 0 aliphatic rings. The van der Waals surface area contributed by atoms with Crippen LogP contribution in [0.15, 0.2) is 60.7 Å². The molecule has 2 aromatic carbocycles. The molecule has 7 nitrogen and oxygen atoms in total. The van der Waals surface area contributed by atoms with Crippen molar-refractivity contribution in [3.8, 4) is 5.75 Å². The van der Waals surface area contributed by atoms with Gasteiger partial charge in [-0.05, 0) is 36.8 Å². The van der Waals surface area contributed by atoms with Gasteiger partial charge < -0.3 is 19.7 Å². The Morgan fingerprint density at radius 2 is 1.76 bits per heavy atom. The lowest BCUT2D eigenvalue weighted by Gasteiger charge is -2.23. The van der Waals surface area contributed by atoms with Crippen LogP contribution in [0.4, 0.5) is 10.5 Å². The molecule has 0 saturated carbocycles. The highest BCUT2D eigenvalue weighted by atomic mass is 16.6. The number of carboxylic acids is 1. The maximum atomic E-state index is 12.4. The largest absolute Gasteiger partial charge is 0.491 e. The van der Waals surface area contributed by atoms with Gasteiger partial charge in [0.15, 0.2) is 0 Å². The van der Waals surface area contributed by atoms with Crippen LogP contribution in [0.3, 0.4) is 0 Å². The number of aliphatic hydroxyl groups excluding tert-OH is 1. The van der Waals surface area contributed by atoms with Crippen molar-refractivity contribution in [2.75, 3.05) is 18.5 Å². The molecule has 0 fully saturated rings. The number of rotatable bonds is 9. The first kappa shape index (κ1) is 22.0. The van der Waals surface area contributed by atoms with Crippen LogP contribution in [-0.4, -0.2) is 35.5 Å². The summed E-state index contributed by atoms with van der Waals surface area (Å²) in [5, 5.41) is 20.4. The van der Waals surface area contributed by atoms with Gasteiger partial charge in [0.05, 0.1) is 6.61 Å². The minimum absolute atomic E-state index is 0.0936. The molecule has 2 rings (SSSR count). The third-order valence-corrected chi connectivity index (χ3v) is 4.12. The number of aliphatic carboxylic acids is 1. The van der Waals surface area contributed by atoms with Crippen molar-refractivity contribution in [2.24, 2.45) is 5.92 Å². The lowest BCUT2D eigenvalue weighted by molar-refractivity contribution is -0.131. The number of amides is 1. The highest BCUT2D eigenvalue weighted by Gasteiger charge is 2.22. The van der Waals surface area contributed by atoms with Gasteiger partial charge >= 0.3 is 12.1 Å². The van der Waals surface area contributed by atoms with E-state index in [4.69, 9.17) is 19.7 Å². The Labute approximate surface area is 169 Å². The van der Waals surface area contributed by atoms with E-state index in [0.717, 1.165) is 11.6 Å². The minimum atomic E-state index is -1.08. The van der Waals surface area contributed by atoms with Gasteiger partial charge in [0.2, 0.25) is 0 Å². The Morgan fingerprint density at radius 1 is 1.10 bits per heavy atom. The van der Waals surface area contributed by atoms with E-state index in [-0.39, 0.29) is 19.1 Å². The number of carbonyl (C=O) groups is 2. The molecule has 0 heterocycles. The zero-order valence-electron chi connectivity index (χ0n) is 16.4. The van der Waals surface area contributed by atoms with Crippen molar-refractivity contribution in [2.45, 2.75) is 20.0 Å². The molecule has 0 aliphatic heterocycles. The van der Waals surface area contributed by atoms with E-state index in [2.05, 4.69) is 5.32 Å². The topological polar surface area (TPSA) is 105 Å². The Bertz CT molecular complexity index is 829. The van der Waals surface area contributed by atoms with Crippen LogP contribution in [-0.2, 0) is 9.53 Å². The van der Waals surface area contributed by atoms with Crippen LogP contribution >= 0.6 is 0 Å². The fraction of sp³-hybridized carbons (Fsp3) is 0.273. The first-order valence-electron chi connectivity index (χ1n) is 9.18. The second-order valence-electron chi connectivity index (χ2n) is 6.51. The Hall–Kier alpha value is -3.32. The summed E-state index contributed by atoms with van der Waals surface area (Å²) >= 11 is 0. The van der Waals surface area contributed by atoms with E-state index in [1.807, 2.05) is 19.1 Å². The zero-order chi connectivity index (χ0) is 21.2. The van der Waals surface area contributed by atoms with Gasteiger partial charge in [0, 0.05) is 17.7 Å². The van der Waals surface area contributed by atoms with E-state index in [9.17, 15) is 9.59 Å². The van der Waals surface area contributed by atoms with Gasteiger partial charge in [-0.1, -0.05) is 42.8 Å². The molecule has 29 heavy (non-hydrogen) atoms. The number of benzene rings is 2. The number of aryl methyl sites for hydroxylation is 1. The number of ether oxygens (including phenoxy) is 2. The molecule has 3 N–H and O–H groups in total. The van der Waals surface area contributed by atoms with E-state index < -0.39 is 18.2 Å². The zero-order valence-corrected chi connectivity index (χ0v) is 16.4. The predicted octanol–water partition coefficient (Wildman–Crippen LogP) is 3.93. The summed E-state index contributed by atoms with van der Waals surface area (Å²) in [7, 11) is 0. The summed E-state index contributed by atoms with van der Waals surface area (Å²) in [5.74, 6) is -0.897. The summed E-state index contributed by atoms with van der Waals surface area (Å²) in [4.78, 5) is 23.3. The molecule has 0 spiro atoms. The van der Waals surface area contributed by atoms with Gasteiger partial charge in [-0.2, -0.15) is 0 Å². The second-order valence-corrected chi connectivity index (χ2v) is 6.51. The number of nitrogens with one attached hydrogen (secondary N) is 1. The van der Waals surface area contributed by atoms with Crippen LogP contribution < -0.4 is 10.1 Å². The number of anilines is 1. The van der Waals surface area contributed by atoms with Gasteiger partial charge in [0.25, 0.3) is 0 Å². The summed E-state index contributed by atoms with van der Waals surface area (Å²) in [5.41, 5.74) is 2.35. The molecule has 0 aliphatic carbocycles. The first-order valence-corrected chi connectivity index (χ1v) is 9.18. The summed E-state index contributed by atoms with van der Waals surface area (Å²) < 4.78 is 10.9. The molecular weight excluding hydrogens is 374 g/mol. The molecule has 2 atom stereocenters. The minimum Gasteiger partial charge on any atom is -0.491 e. The number of aliphatic hydroxyl groups is 1. The van der Waals surface area contributed by atoms with Crippen molar-refractivity contribution in [3.63, 3.8) is 0 Å². The van der Waals surface area contributed by atoms with Crippen molar-refractivity contribution >= 4 is 17.7 Å². The Morgan fingerprint density at radius 3 is 2.34 bits per heavy atom. The molecule has 2 aromatic rings. The van der Waals surface area contributed by atoms with Gasteiger partial charge in [-0.3, -0.25) is 5.32 Å². The van der Waals surface area contributed by atoms with E-state index >= 15 is 0 Å².